The first-order valence-corrected chi connectivity index (χ1v) is 22.1. The van der Waals surface area contributed by atoms with Gasteiger partial charge in [-0.25, -0.2) is 0 Å². The molecule has 21 heavy (non-hydrogen) atoms. The Morgan fingerprint density at radius 2 is 1.52 bits per heavy atom. The zero-order valence-corrected chi connectivity index (χ0v) is 19.2. The Bertz CT molecular complexity index is 523. The van der Waals surface area contributed by atoms with E-state index in [1.165, 1.54) is 34.6 Å². The van der Waals surface area contributed by atoms with Crippen molar-refractivity contribution in [3.63, 3.8) is 0 Å². The van der Waals surface area contributed by atoms with E-state index in [0.29, 0.717) is 0 Å². The van der Waals surface area contributed by atoms with Gasteiger partial charge in [-0.2, -0.15) is 0 Å². The Morgan fingerprint density at radius 1 is 0.952 bits per heavy atom. The van der Waals surface area contributed by atoms with Crippen LogP contribution in [0.2, 0.25) is 29.5 Å². The molecule has 2 rings (SSSR count). The van der Waals surface area contributed by atoms with Gasteiger partial charge in [0, 0.05) is 0 Å². The molecule has 0 saturated carbocycles. The van der Waals surface area contributed by atoms with E-state index >= 15 is 0 Å². The van der Waals surface area contributed by atoms with Gasteiger partial charge >= 0.3 is 138 Å². The minimum absolute atomic E-state index is 1.24. The van der Waals surface area contributed by atoms with Crippen LogP contribution in [0.5, 0.6) is 0 Å². The molecule has 0 radical (unpaired) electrons. The molecule has 0 fully saturated rings. The molecule has 0 saturated heterocycles. The van der Waals surface area contributed by atoms with Gasteiger partial charge in [0.25, 0.3) is 0 Å². The molecule has 0 aliphatic carbocycles. The van der Waals surface area contributed by atoms with Crippen molar-refractivity contribution in [2.45, 2.75) is 77.9 Å². The van der Waals surface area contributed by atoms with Crippen LogP contribution in [0.3, 0.4) is 0 Å². The number of benzene rings is 1. The van der Waals surface area contributed by atoms with Gasteiger partial charge in [-0.3, -0.25) is 0 Å². The van der Waals surface area contributed by atoms with Gasteiger partial charge in [-0.15, -0.1) is 0 Å². The third kappa shape index (κ3) is 3.77. The van der Waals surface area contributed by atoms with Crippen molar-refractivity contribution in [1.29, 1.82) is 0 Å². The molecule has 0 amide bonds. The van der Waals surface area contributed by atoms with Crippen molar-refractivity contribution in [3.8, 4) is 0 Å². The van der Waals surface area contributed by atoms with Gasteiger partial charge in [0.1, 0.15) is 0 Å². The molecule has 118 valence electrons. The number of hydrogen-bond donors (Lipinski definition) is 0. The van der Waals surface area contributed by atoms with Crippen LogP contribution in [-0.2, 0) is 21.7 Å². The van der Waals surface area contributed by atoms with Crippen molar-refractivity contribution in [2.75, 3.05) is 0 Å². The van der Waals surface area contributed by atoms with E-state index in [4.69, 9.17) is 0 Å². The summed E-state index contributed by atoms with van der Waals surface area (Å²) in [5, 5.41) is 1.79. The van der Waals surface area contributed by atoms with E-state index < -0.39 is 26.5 Å². The number of hydrogen-bond acceptors (Lipinski definition) is 0. The van der Waals surface area contributed by atoms with E-state index in [2.05, 4.69) is 49.4 Å². The van der Waals surface area contributed by atoms with E-state index in [1.807, 2.05) is 11.1 Å². The molecule has 0 spiro atoms. The minimum atomic E-state index is -1.80. The van der Waals surface area contributed by atoms with Crippen LogP contribution in [0.15, 0.2) is 6.07 Å². The molecule has 1 aromatic carbocycles. The fraction of sp³-hybridized carbons (Fsp3) is 0.684. The Balaban J connectivity index is 2.66. The van der Waals surface area contributed by atoms with Crippen molar-refractivity contribution >= 4 is 31.6 Å². The third-order valence-corrected chi connectivity index (χ3v) is 14.4. The molecule has 0 bridgehead atoms. The first-order valence-electron chi connectivity index (χ1n) is 8.86. The number of aryl methyl sites for hydroxylation is 1. The summed E-state index contributed by atoms with van der Waals surface area (Å²) < 4.78 is 3.01. The molecule has 0 atom stereocenters. The molecule has 1 aromatic rings. The van der Waals surface area contributed by atoms with Crippen LogP contribution in [-0.4, -0.2) is 26.5 Å². The van der Waals surface area contributed by atoms with Gasteiger partial charge in [-0.05, 0) is 0 Å². The topological polar surface area (TPSA) is 0 Å². The Hall–Kier alpha value is 0.236. The van der Waals surface area contributed by atoms with Gasteiger partial charge in [0.2, 0.25) is 0 Å². The molecule has 1 aliphatic rings. The molecular formula is C19H34SiSn. The summed E-state index contributed by atoms with van der Waals surface area (Å²) in [5.74, 6) is 0. The van der Waals surface area contributed by atoms with E-state index in [-0.39, 0.29) is 0 Å². The van der Waals surface area contributed by atoms with Crippen LogP contribution in [0.4, 0.5) is 0 Å². The van der Waals surface area contributed by atoms with Crippen molar-refractivity contribution in [1.82, 2.24) is 0 Å². The van der Waals surface area contributed by atoms with Crippen molar-refractivity contribution < 1.29 is 0 Å². The summed E-state index contributed by atoms with van der Waals surface area (Å²) in [4.78, 5) is 5.32. The fourth-order valence-electron chi connectivity index (χ4n) is 4.04. The van der Waals surface area contributed by atoms with Gasteiger partial charge < -0.3 is 0 Å². The second-order valence-corrected chi connectivity index (χ2v) is 28.2. The SMILES string of the molecule is CCCc1cc([Si](C)(C)C)c(CCC)c2c1[CH2][Sn]([CH3])([CH3])[CH2]2. The summed E-state index contributed by atoms with van der Waals surface area (Å²) >= 11 is -1.80. The van der Waals surface area contributed by atoms with Crippen LogP contribution < -0.4 is 5.19 Å². The molecule has 1 aliphatic heterocycles. The summed E-state index contributed by atoms with van der Waals surface area (Å²) in [5.41, 5.74) is 7.20. The fourth-order valence-corrected chi connectivity index (χ4v) is 14.1. The normalized spacial score (nSPS) is 17.1. The molecule has 0 unspecified atom stereocenters. The summed E-state index contributed by atoms with van der Waals surface area (Å²) in [6, 6.07) is 2.66. The standard InChI is InChI=1S/C17H28Si.2CH3.Sn/c1-8-10-15-12-17(18(5,6)7)16(11-9-2)14(4)13(15)3;;;/h12H,3-4,8-11H2,1-2,5-7H3;2*1H3;. The predicted octanol–water partition coefficient (Wildman–Crippen LogP) is 5.02. The van der Waals surface area contributed by atoms with Crippen LogP contribution in [0.25, 0.3) is 0 Å². The van der Waals surface area contributed by atoms with E-state index in [0.717, 1.165) is 0 Å². The number of fused-ring (bicyclic) bond motifs is 1. The molecule has 0 nitrogen and oxygen atoms in total. The van der Waals surface area contributed by atoms with Gasteiger partial charge in [0.15, 0.2) is 0 Å². The van der Waals surface area contributed by atoms with Crippen LogP contribution in [0.1, 0.15) is 48.9 Å². The summed E-state index contributed by atoms with van der Waals surface area (Å²) in [6.45, 7) is 12.3. The van der Waals surface area contributed by atoms with Crippen LogP contribution >= 0.6 is 0 Å². The summed E-state index contributed by atoms with van der Waals surface area (Å²) in [6.07, 6.45) is 5.21. The quantitative estimate of drug-likeness (QED) is 0.599. The maximum absolute atomic E-state index is 2.66. The average molecular weight is 409 g/mol. The molecular weight excluding hydrogens is 375 g/mol. The summed E-state index contributed by atoms with van der Waals surface area (Å²) in [7, 11) is -1.24. The monoisotopic (exact) mass is 410 g/mol. The molecule has 0 aromatic heterocycles. The van der Waals surface area contributed by atoms with E-state index in [1.54, 1.807) is 16.3 Å². The van der Waals surface area contributed by atoms with Gasteiger partial charge in [-0.1, -0.05) is 0 Å². The molecule has 0 N–H and O–H groups in total. The Morgan fingerprint density at radius 3 is 2.05 bits per heavy atom. The van der Waals surface area contributed by atoms with Crippen LogP contribution in [0, 0.1) is 0 Å². The first kappa shape index (κ1) is 17.6. The second-order valence-electron chi connectivity index (χ2n) is 8.79. The first-order chi connectivity index (χ1) is 9.69. The maximum atomic E-state index is 2.66. The third-order valence-electron chi connectivity index (χ3n) is 4.90. The van der Waals surface area contributed by atoms with Crippen molar-refractivity contribution in [3.05, 3.63) is 28.3 Å². The zero-order chi connectivity index (χ0) is 15.8. The molecule has 1 heterocycles. The van der Waals surface area contributed by atoms with Gasteiger partial charge in [0.05, 0.1) is 0 Å². The number of rotatable bonds is 5. The Labute approximate surface area is 137 Å². The Kier molecular flexibility index (Phi) is 5.35. The molecule has 2 heteroatoms. The average Bonchev–Trinajstić information content (AvgIpc) is 2.67. The second kappa shape index (κ2) is 6.39. The van der Waals surface area contributed by atoms with Crippen molar-refractivity contribution in [2.24, 2.45) is 0 Å². The van der Waals surface area contributed by atoms with E-state index in [9.17, 15) is 0 Å². The zero-order valence-electron chi connectivity index (χ0n) is 15.3. The predicted molar refractivity (Wildman–Crippen MR) is 102 cm³/mol.